The van der Waals surface area contributed by atoms with Crippen molar-refractivity contribution in [2.75, 3.05) is 17.3 Å². The molecule has 0 spiro atoms. The fraction of sp³-hybridized carbons (Fsp3) is 0.167. The predicted molar refractivity (Wildman–Crippen MR) is 105 cm³/mol. The second kappa shape index (κ2) is 7.76. The zero-order valence-corrected chi connectivity index (χ0v) is 17.1. The number of sulfone groups is 2. The first kappa shape index (κ1) is 20.7. The summed E-state index contributed by atoms with van der Waals surface area (Å²) < 4.78 is 53.8. The molecule has 0 radical (unpaired) electrons. The first-order valence-electron chi connectivity index (χ1n) is 8.28. The highest BCUT2D eigenvalue weighted by molar-refractivity contribution is 7.92. The standard InChI is InChI=1S/C18H17N3O6S2/c1-12-7-9-13(10-8-12)29(25,26)11-16(22)19-18-21-20-17(27-18)14-5-3-4-6-15(14)28(2,23)24/h3-10H,11H2,1-2H3,(H,19,21,22). The molecule has 1 amide bonds. The monoisotopic (exact) mass is 435 g/mol. The van der Waals surface area contributed by atoms with E-state index in [1.54, 1.807) is 24.3 Å². The van der Waals surface area contributed by atoms with E-state index < -0.39 is 31.3 Å². The number of amides is 1. The molecule has 2 aromatic carbocycles. The normalized spacial score (nSPS) is 11.9. The van der Waals surface area contributed by atoms with Crippen molar-refractivity contribution < 1.29 is 26.0 Å². The van der Waals surface area contributed by atoms with E-state index in [9.17, 15) is 21.6 Å². The first-order chi connectivity index (χ1) is 13.6. The third-order valence-electron chi connectivity index (χ3n) is 3.89. The topological polar surface area (TPSA) is 136 Å². The van der Waals surface area contributed by atoms with E-state index >= 15 is 0 Å². The van der Waals surface area contributed by atoms with Crippen LogP contribution in [0.4, 0.5) is 6.01 Å². The van der Waals surface area contributed by atoms with E-state index in [1.807, 2.05) is 6.92 Å². The molecule has 0 atom stereocenters. The third kappa shape index (κ3) is 4.87. The van der Waals surface area contributed by atoms with Gasteiger partial charge in [0.2, 0.25) is 5.91 Å². The van der Waals surface area contributed by atoms with Crippen LogP contribution < -0.4 is 5.32 Å². The lowest BCUT2D eigenvalue weighted by atomic mass is 10.2. The Morgan fingerprint density at radius 2 is 1.66 bits per heavy atom. The minimum absolute atomic E-state index is 0.0107. The Balaban J connectivity index is 1.77. The van der Waals surface area contributed by atoms with E-state index in [0.717, 1.165) is 11.8 Å². The van der Waals surface area contributed by atoms with E-state index in [4.69, 9.17) is 4.42 Å². The maximum absolute atomic E-state index is 12.3. The Labute approximate surface area is 167 Å². The molecule has 9 nitrogen and oxygen atoms in total. The smallest absolute Gasteiger partial charge is 0.322 e. The largest absolute Gasteiger partial charge is 0.403 e. The first-order valence-corrected chi connectivity index (χ1v) is 11.8. The van der Waals surface area contributed by atoms with Gasteiger partial charge < -0.3 is 4.42 Å². The number of hydrogen-bond donors (Lipinski definition) is 1. The average Bonchev–Trinajstić information content (AvgIpc) is 3.09. The number of aromatic nitrogens is 2. The van der Waals surface area contributed by atoms with Crippen molar-refractivity contribution >= 4 is 31.6 Å². The van der Waals surface area contributed by atoms with Gasteiger partial charge in [-0.25, -0.2) is 16.8 Å². The molecule has 1 N–H and O–H groups in total. The summed E-state index contributed by atoms with van der Waals surface area (Å²) in [6, 6.07) is 11.8. The maximum Gasteiger partial charge on any atom is 0.322 e. The minimum Gasteiger partial charge on any atom is -0.403 e. The van der Waals surface area contributed by atoms with E-state index in [0.29, 0.717) is 0 Å². The third-order valence-corrected chi connectivity index (χ3v) is 6.68. The predicted octanol–water partition coefficient (Wildman–Crippen LogP) is 1.86. The van der Waals surface area contributed by atoms with Crippen molar-refractivity contribution in [2.45, 2.75) is 16.7 Å². The summed E-state index contributed by atoms with van der Waals surface area (Å²) in [6.45, 7) is 1.82. The highest BCUT2D eigenvalue weighted by Crippen LogP contribution is 2.27. The van der Waals surface area contributed by atoms with Crippen LogP contribution >= 0.6 is 0 Å². The number of nitrogens with zero attached hydrogens (tertiary/aromatic N) is 2. The number of benzene rings is 2. The van der Waals surface area contributed by atoms with Crippen LogP contribution in [0, 0.1) is 6.92 Å². The molecular formula is C18H17N3O6S2. The molecule has 3 aromatic rings. The van der Waals surface area contributed by atoms with Crippen molar-refractivity contribution in [1.29, 1.82) is 0 Å². The SMILES string of the molecule is Cc1ccc(S(=O)(=O)CC(=O)Nc2nnc(-c3ccccc3S(C)(=O)=O)o2)cc1. The van der Waals surface area contributed by atoms with E-state index in [2.05, 4.69) is 15.5 Å². The van der Waals surface area contributed by atoms with E-state index in [-0.39, 0.29) is 27.3 Å². The van der Waals surface area contributed by atoms with Crippen LogP contribution in [-0.2, 0) is 24.5 Å². The van der Waals surface area contributed by atoms with Crippen LogP contribution in [-0.4, -0.2) is 44.9 Å². The lowest BCUT2D eigenvalue weighted by molar-refractivity contribution is -0.114. The van der Waals surface area contributed by atoms with Crippen LogP contribution in [0.15, 0.2) is 62.7 Å². The fourth-order valence-corrected chi connectivity index (χ4v) is 4.52. The van der Waals surface area contributed by atoms with Gasteiger partial charge in [0.1, 0.15) is 5.75 Å². The molecule has 1 aromatic heterocycles. The Hall–Kier alpha value is -3.05. The van der Waals surface area contributed by atoms with Crippen molar-refractivity contribution in [2.24, 2.45) is 0 Å². The number of rotatable bonds is 6. The van der Waals surface area contributed by atoms with Gasteiger partial charge in [0, 0.05) is 6.26 Å². The molecule has 0 fully saturated rings. The molecule has 3 rings (SSSR count). The molecule has 0 bridgehead atoms. The summed E-state index contributed by atoms with van der Waals surface area (Å²) in [5.74, 6) is -1.80. The molecule has 152 valence electrons. The number of hydrogen-bond acceptors (Lipinski definition) is 8. The molecular weight excluding hydrogens is 418 g/mol. The summed E-state index contributed by atoms with van der Waals surface area (Å²) >= 11 is 0. The molecule has 0 aliphatic carbocycles. The van der Waals surface area contributed by atoms with Gasteiger partial charge in [-0.15, -0.1) is 5.10 Å². The number of aryl methyl sites for hydroxylation is 1. The van der Waals surface area contributed by atoms with Crippen molar-refractivity contribution in [3.05, 3.63) is 54.1 Å². The second-order valence-corrected chi connectivity index (χ2v) is 10.3. The summed E-state index contributed by atoms with van der Waals surface area (Å²) in [7, 11) is -7.40. The van der Waals surface area contributed by atoms with Crippen molar-refractivity contribution in [3.63, 3.8) is 0 Å². The molecule has 0 aliphatic heterocycles. The number of nitrogens with one attached hydrogen (secondary N) is 1. The Morgan fingerprint density at radius 3 is 2.31 bits per heavy atom. The Kier molecular flexibility index (Phi) is 5.53. The van der Waals surface area contributed by atoms with Gasteiger partial charge in [-0.3, -0.25) is 10.1 Å². The highest BCUT2D eigenvalue weighted by atomic mass is 32.2. The molecule has 0 unspecified atom stereocenters. The van der Waals surface area contributed by atoms with Crippen LogP contribution in [0.5, 0.6) is 0 Å². The highest BCUT2D eigenvalue weighted by Gasteiger charge is 2.22. The Bertz CT molecular complexity index is 1260. The summed E-state index contributed by atoms with van der Waals surface area (Å²) in [4.78, 5) is 12.1. The van der Waals surface area contributed by atoms with Crippen LogP contribution in [0.1, 0.15) is 5.56 Å². The summed E-state index contributed by atoms with van der Waals surface area (Å²) in [5.41, 5.74) is 1.07. The molecule has 1 heterocycles. The fourth-order valence-electron chi connectivity index (χ4n) is 2.51. The van der Waals surface area contributed by atoms with Crippen LogP contribution in [0.25, 0.3) is 11.5 Å². The van der Waals surface area contributed by atoms with Gasteiger partial charge in [-0.1, -0.05) is 34.9 Å². The summed E-state index contributed by atoms with van der Waals surface area (Å²) in [6.07, 6.45) is 1.04. The van der Waals surface area contributed by atoms with Gasteiger partial charge >= 0.3 is 6.01 Å². The zero-order valence-electron chi connectivity index (χ0n) is 15.5. The van der Waals surface area contributed by atoms with Crippen molar-refractivity contribution in [3.8, 4) is 11.5 Å². The van der Waals surface area contributed by atoms with Gasteiger partial charge in [0.25, 0.3) is 5.89 Å². The molecule has 11 heteroatoms. The minimum atomic E-state index is -3.85. The maximum atomic E-state index is 12.3. The summed E-state index contributed by atoms with van der Waals surface area (Å²) in [5, 5.41) is 9.58. The van der Waals surface area contributed by atoms with Gasteiger partial charge in [-0.2, -0.15) is 0 Å². The van der Waals surface area contributed by atoms with Gasteiger partial charge in [0.05, 0.1) is 15.4 Å². The molecule has 0 saturated heterocycles. The van der Waals surface area contributed by atoms with E-state index in [1.165, 1.54) is 24.3 Å². The number of anilines is 1. The quantitative estimate of drug-likeness (QED) is 0.619. The second-order valence-electron chi connectivity index (χ2n) is 6.30. The average molecular weight is 435 g/mol. The van der Waals surface area contributed by atoms with Crippen LogP contribution in [0.3, 0.4) is 0 Å². The molecule has 0 saturated carbocycles. The van der Waals surface area contributed by atoms with Gasteiger partial charge in [0.15, 0.2) is 19.7 Å². The lowest BCUT2D eigenvalue weighted by Gasteiger charge is -2.05. The number of carbonyl (C=O) groups excluding carboxylic acids is 1. The van der Waals surface area contributed by atoms with Crippen molar-refractivity contribution in [1.82, 2.24) is 10.2 Å². The lowest BCUT2D eigenvalue weighted by Crippen LogP contribution is -2.23. The van der Waals surface area contributed by atoms with Crippen LogP contribution in [0.2, 0.25) is 0 Å². The number of carbonyl (C=O) groups is 1. The molecule has 29 heavy (non-hydrogen) atoms. The Morgan fingerprint density at radius 1 is 1.00 bits per heavy atom. The van der Waals surface area contributed by atoms with Gasteiger partial charge in [-0.05, 0) is 31.2 Å². The zero-order chi connectivity index (χ0) is 21.2. The molecule has 0 aliphatic rings.